The molecule has 0 bridgehead atoms. The van der Waals surface area contributed by atoms with E-state index in [1.807, 2.05) is 5.38 Å². The lowest BCUT2D eigenvalue weighted by Crippen LogP contribution is -1.97. The van der Waals surface area contributed by atoms with Crippen molar-refractivity contribution in [3.8, 4) is 0 Å². The van der Waals surface area contributed by atoms with Gasteiger partial charge in [-0.3, -0.25) is 0 Å². The number of alkyl halides is 1. The van der Waals surface area contributed by atoms with E-state index >= 15 is 0 Å². The van der Waals surface area contributed by atoms with E-state index in [0.717, 1.165) is 10.9 Å². The molecule has 2 aromatic heterocycles. The van der Waals surface area contributed by atoms with Gasteiger partial charge in [0.15, 0.2) is 0 Å². The molecule has 0 fully saturated rings. The Morgan fingerprint density at radius 2 is 2.40 bits per heavy atom. The zero-order chi connectivity index (χ0) is 11.0. The number of fused-ring (bicyclic) bond motifs is 1. The third-order valence-electron chi connectivity index (χ3n) is 2.00. The van der Waals surface area contributed by atoms with E-state index in [1.165, 1.54) is 17.5 Å². The van der Waals surface area contributed by atoms with Crippen LogP contribution in [0.4, 0.5) is 0 Å². The summed E-state index contributed by atoms with van der Waals surface area (Å²) < 4.78 is 0.678. The van der Waals surface area contributed by atoms with Crippen molar-refractivity contribution in [2.24, 2.45) is 0 Å². The molecule has 2 heterocycles. The van der Waals surface area contributed by atoms with Crippen LogP contribution in [-0.2, 0) is 5.33 Å². The van der Waals surface area contributed by atoms with Crippen molar-refractivity contribution >= 4 is 54.9 Å². The highest BCUT2D eigenvalue weighted by Crippen LogP contribution is 2.34. The van der Waals surface area contributed by atoms with E-state index in [2.05, 4.69) is 20.9 Å². The van der Waals surface area contributed by atoms with E-state index in [0.29, 0.717) is 15.2 Å². The summed E-state index contributed by atoms with van der Waals surface area (Å²) in [6.07, 6.45) is 1.29. The molecule has 78 valence electrons. The molecule has 0 aromatic carbocycles. The number of halogens is 2. The van der Waals surface area contributed by atoms with Gasteiger partial charge in [0.2, 0.25) is 0 Å². The second kappa shape index (κ2) is 4.08. The molecule has 0 unspecified atom stereocenters. The van der Waals surface area contributed by atoms with Gasteiger partial charge in [0.25, 0.3) is 0 Å². The van der Waals surface area contributed by atoms with Crippen LogP contribution < -0.4 is 0 Å². The summed E-state index contributed by atoms with van der Waals surface area (Å²) in [5, 5.41) is 12.6. The first-order valence-electron chi connectivity index (χ1n) is 3.99. The number of pyridine rings is 1. The topological polar surface area (TPSA) is 50.2 Å². The molecular formula is C9H5BrClNO2S. The van der Waals surface area contributed by atoms with Crippen LogP contribution in [-0.4, -0.2) is 16.1 Å². The van der Waals surface area contributed by atoms with Crippen molar-refractivity contribution in [3.63, 3.8) is 0 Å². The normalized spacial score (nSPS) is 10.8. The Hall–Kier alpha value is -0.650. The molecule has 0 aliphatic carbocycles. The zero-order valence-electron chi connectivity index (χ0n) is 7.33. The van der Waals surface area contributed by atoms with Crippen LogP contribution in [0, 0.1) is 0 Å². The Bertz CT molecular complexity index is 540. The number of carbonyl (C=O) groups is 1. The number of aromatic carboxylic acids is 1. The smallest absolute Gasteiger partial charge is 0.338 e. The molecule has 1 N–H and O–H groups in total. The Morgan fingerprint density at radius 1 is 1.67 bits per heavy atom. The third kappa shape index (κ3) is 1.75. The Balaban J connectivity index is 2.84. The van der Waals surface area contributed by atoms with Crippen LogP contribution in [0.25, 0.3) is 10.1 Å². The van der Waals surface area contributed by atoms with Gasteiger partial charge >= 0.3 is 5.97 Å². The van der Waals surface area contributed by atoms with Crippen molar-refractivity contribution in [1.29, 1.82) is 0 Å². The second-order valence-corrected chi connectivity index (χ2v) is 4.66. The van der Waals surface area contributed by atoms with Crippen molar-refractivity contribution in [2.45, 2.75) is 5.33 Å². The number of hydrogen-bond acceptors (Lipinski definition) is 3. The molecule has 0 atom stereocenters. The van der Waals surface area contributed by atoms with E-state index < -0.39 is 5.97 Å². The fourth-order valence-corrected chi connectivity index (χ4v) is 3.36. The SMILES string of the molecule is O=C(O)c1cnc(Cl)c2c(CBr)csc12. The summed E-state index contributed by atoms with van der Waals surface area (Å²) in [4.78, 5) is 14.8. The molecule has 3 nitrogen and oxygen atoms in total. The zero-order valence-corrected chi connectivity index (χ0v) is 10.5. The first kappa shape index (κ1) is 10.9. The summed E-state index contributed by atoms with van der Waals surface area (Å²) in [5.74, 6) is -0.980. The molecule has 0 spiro atoms. The van der Waals surface area contributed by atoms with Crippen molar-refractivity contribution in [2.75, 3.05) is 0 Å². The molecule has 0 radical (unpaired) electrons. The van der Waals surface area contributed by atoms with Crippen LogP contribution in [0.2, 0.25) is 5.15 Å². The van der Waals surface area contributed by atoms with Crippen LogP contribution in [0.1, 0.15) is 15.9 Å². The van der Waals surface area contributed by atoms with Crippen LogP contribution in [0.3, 0.4) is 0 Å². The molecule has 0 amide bonds. The highest BCUT2D eigenvalue weighted by atomic mass is 79.9. The van der Waals surface area contributed by atoms with Crippen molar-refractivity contribution in [3.05, 3.63) is 27.9 Å². The average molecular weight is 307 g/mol. The van der Waals surface area contributed by atoms with Crippen molar-refractivity contribution in [1.82, 2.24) is 4.98 Å². The van der Waals surface area contributed by atoms with Gasteiger partial charge in [-0.05, 0) is 10.9 Å². The minimum absolute atomic E-state index is 0.201. The standard InChI is InChI=1S/C9H5BrClNO2S/c10-1-4-3-15-7-5(9(13)14)2-12-8(11)6(4)7/h2-3H,1H2,(H,13,14). The van der Waals surface area contributed by atoms with Gasteiger partial charge in [-0.2, -0.15) is 0 Å². The fraction of sp³-hybridized carbons (Fsp3) is 0.111. The number of thiophene rings is 1. The predicted octanol–water partition coefficient (Wildman–Crippen LogP) is 3.54. The summed E-state index contributed by atoms with van der Waals surface area (Å²) in [7, 11) is 0. The minimum atomic E-state index is -0.980. The predicted molar refractivity (Wildman–Crippen MR) is 64.2 cm³/mol. The summed E-state index contributed by atoms with van der Waals surface area (Å²) in [5.41, 5.74) is 1.17. The quantitative estimate of drug-likeness (QED) is 0.682. The van der Waals surface area contributed by atoms with Crippen molar-refractivity contribution < 1.29 is 9.90 Å². The van der Waals surface area contributed by atoms with E-state index in [-0.39, 0.29) is 5.56 Å². The Labute approximate surface area is 103 Å². The summed E-state index contributed by atoms with van der Waals surface area (Å²) in [6, 6.07) is 0. The molecule has 15 heavy (non-hydrogen) atoms. The molecule has 6 heteroatoms. The molecule has 2 aromatic rings. The highest BCUT2D eigenvalue weighted by molar-refractivity contribution is 9.08. The first-order chi connectivity index (χ1) is 7.15. The second-order valence-electron chi connectivity index (χ2n) is 2.87. The Kier molecular flexibility index (Phi) is 2.95. The van der Waals surface area contributed by atoms with Gasteiger partial charge in [0, 0.05) is 16.9 Å². The lowest BCUT2D eigenvalue weighted by atomic mass is 10.2. The Morgan fingerprint density at radius 3 is 3.00 bits per heavy atom. The maximum absolute atomic E-state index is 10.9. The van der Waals surface area contributed by atoms with Gasteiger partial charge in [-0.25, -0.2) is 9.78 Å². The van der Waals surface area contributed by atoms with Crippen LogP contribution >= 0.6 is 38.9 Å². The molecular weight excluding hydrogens is 302 g/mol. The maximum atomic E-state index is 10.9. The van der Waals surface area contributed by atoms with Gasteiger partial charge in [-0.15, -0.1) is 11.3 Å². The first-order valence-corrected chi connectivity index (χ1v) is 6.37. The number of aromatic nitrogens is 1. The monoisotopic (exact) mass is 305 g/mol. The summed E-state index contributed by atoms with van der Waals surface area (Å²) >= 11 is 10.6. The largest absolute Gasteiger partial charge is 0.478 e. The molecule has 0 aliphatic rings. The number of carboxylic acids is 1. The van der Waals surface area contributed by atoms with Gasteiger partial charge in [0.05, 0.1) is 10.3 Å². The van der Waals surface area contributed by atoms with Crippen LogP contribution in [0.5, 0.6) is 0 Å². The fourth-order valence-electron chi connectivity index (χ4n) is 1.31. The molecule has 0 aliphatic heterocycles. The number of nitrogens with zero attached hydrogens (tertiary/aromatic N) is 1. The van der Waals surface area contributed by atoms with E-state index in [4.69, 9.17) is 16.7 Å². The van der Waals surface area contributed by atoms with Gasteiger partial charge in [-0.1, -0.05) is 27.5 Å². The number of carboxylic acid groups (broad SMARTS) is 1. The van der Waals surface area contributed by atoms with Gasteiger partial charge in [0.1, 0.15) is 5.15 Å². The van der Waals surface area contributed by atoms with Gasteiger partial charge < -0.3 is 5.11 Å². The lowest BCUT2D eigenvalue weighted by Gasteiger charge is -1.99. The number of rotatable bonds is 2. The highest BCUT2D eigenvalue weighted by Gasteiger charge is 2.16. The molecule has 0 saturated carbocycles. The third-order valence-corrected chi connectivity index (χ3v) is 3.95. The van der Waals surface area contributed by atoms with E-state index in [1.54, 1.807) is 0 Å². The number of hydrogen-bond donors (Lipinski definition) is 1. The molecule has 0 saturated heterocycles. The van der Waals surface area contributed by atoms with Crippen LogP contribution in [0.15, 0.2) is 11.6 Å². The van der Waals surface area contributed by atoms with E-state index in [9.17, 15) is 4.79 Å². The maximum Gasteiger partial charge on any atom is 0.338 e. The minimum Gasteiger partial charge on any atom is -0.478 e. The lowest BCUT2D eigenvalue weighted by molar-refractivity contribution is 0.0699. The average Bonchev–Trinajstić information content (AvgIpc) is 2.62. The summed E-state index contributed by atoms with van der Waals surface area (Å²) in [6.45, 7) is 0. The molecule has 2 rings (SSSR count).